The van der Waals surface area contributed by atoms with Gasteiger partial charge in [-0.15, -0.1) is 0 Å². The molecule has 0 bridgehead atoms. The first-order valence-corrected chi connectivity index (χ1v) is 12.6. The second kappa shape index (κ2) is 8.45. The molecule has 2 N–H and O–H groups in total. The number of rotatable bonds is 4. The molecule has 0 spiro atoms. The number of aromatic amines is 1. The molecule has 5 aromatic rings. The molecule has 0 fully saturated rings. The first-order valence-electron chi connectivity index (χ1n) is 10.3. The zero-order valence-corrected chi connectivity index (χ0v) is 20.1. The number of H-pyrrole nitrogens is 1. The number of nitrogens with one attached hydrogen (secondary N) is 2. The highest BCUT2D eigenvalue weighted by atomic mass is 35.5. The summed E-state index contributed by atoms with van der Waals surface area (Å²) in [4.78, 5) is 2.62. The Hall–Kier alpha value is -3.70. The lowest BCUT2D eigenvalue weighted by molar-refractivity contribution is 0.424. The number of nitrogens with zero attached hydrogens (tertiary/aromatic N) is 2. The summed E-state index contributed by atoms with van der Waals surface area (Å²) in [5.41, 5.74) is 2.37. The van der Waals surface area contributed by atoms with E-state index < -0.39 is 43.7 Å². The number of halogens is 5. The van der Waals surface area contributed by atoms with Gasteiger partial charge in [-0.2, -0.15) is 5.10 Å². The van der Waals surface area contributed by atoms with E-state index in [1.807, 2.05) is 19.1 Å². The lowest BCUT2D eigenvalue weighted by atomic mass is 9.95. The fourth-order valence-electron chi connectivity index (χ4n) is 4.13. The molecule has 0 saturated carbocycles. The third kappa shape index (κ3) is 3.75. The minimum atomic E-state index is -4.58. The summed E-state index contributed by atoms with van der Waals surface area (Å²) in [5.74, 6) is -7.82. The van der Waals surface area contributed by atoms with Crippen LogP contribution >= 0.6 is 11.6 Å². The quantitative estimate of drug-likeness (QED) is 0.204. The van der Waals surface area contributed by atoms with Crippen LogP contribution in [0.3, 0.4) is 0 Å². The molecule has 0 saturated heterocycles. The molecule has 5 rings (SSSR count). The second-order valence-electron chi connectivity index (χ2n) is 8.15. The third-order valence-corrected chi connectivity index (χ3v) is 7.20. The molecule has 0 aliphatic carbocycles. The topological polar surface area (TPSA) is 87.7 Å². The summed E-state index contributed by atoms with van der Waals surface area (Å²) >= 11 is 6.62. The van der Waals surface area contributed by atoms with Crippen LogP contribution in [0.4, 0.5) is 28.9 Å². The zero-order chi connectivity index (χ0) is 25.9. The molecule has 0 unspecified atom stereocenters. The molecule has 0 amide bonds. The van der Waals surface area contributed by atoms with Crippen LogP contribution in [0, 0.1) is 30.2 Å². The van der Waals surface area contributed by atoms with Crippen molar-refractivity contribution in [2.45, 2.75) is 11.8 Å². The van der Waals surface area contributed by atoms with Crippen LogP contribution in [0.15, 0.2) is 47.6 Å². The number of sulfone groups is 1. The van der Waals surface area contributed by atoms with Gasteiger partial charge in [0.2, 0.25) is 0 Å². The molecule has 36 heavy (non-hydrogen) atoms. The fourth-order valence-corrected chi connectivity index (χ4v) is 5.22. The Bertz CT molecular complexity index is 1790. The average Bonchev–Trinajstić information content (AvgIpc) is 3.29. The van der Waals surface area contributed by atoms with Crippen LogP contribution in [-0.4, -0.2) is 29.9 Å². The van der Waals surface area contributed by atoms with Gasteiger partial charge in [0.05, 0.1) is 17.2 Å². The van der Waals surface area contributed by atoms with E-state index in [1.165, 1.54) is 18.3 Å². The van der Waals surface area contributed by atoms with Crippen molar-refractivity contribution in [3.05, 3.63) is 76.6 Å². The van der Waals surface area contributed by atoms with Crippen LogP contribution in [0.2, 0.25) is 5.02 Å². The van der Waals surface area contributed by atoms with Gasteiger partial charge in [0.1, 0.15) is 10.6 Å². The predicted molar refractivity (Wildman–Crippen MR) is 129 cm³/mol. The van der Waals surface area contributed by atoms with Crippen molar-refractivity contribution in [2.75, 3.05) is 11.6 Å². The number of aromatic nitrogens is 3. The largest absolute Gasteiger partial charge is 0.350 e. The maximum Gasteiger partial charge on any atom is 0.186 e. The van der Waals surface area contributed by atoms with Crippen molar-refractivity contribution in [3.8, 4) is 11.1 Å². The molecule has 3 aromatic carbocycles. The Kier molecular flexibility index (Phi) is 5.64. The zero-order valence-electron chi connectivity index (χ0n) is 18.6. The number of hydrogen-bond donors (Lipinski definition) is 2. The van der Waals surface area contributed by atoms with Crippen molar-refractivity contribution in [1.29, 1.82) is 0 Å². The van der Waals surface area contributed by atoms with E-state index in [4.69, 9.17) is 11.6 Å². The lowest BCUT2D eigenvalue weighted by Crippen LogP contribution is -2.12. The SMILES string of the molecule is Cc1ccc2[nH]ncc2c1-c1cc2nccc(Nc3c(F)c(F)c(S(C)(=O)=O)c(F)c3F)c2cc1Cl. The van der Waals surface area contributed by atoms with E-state index in [0.717, 1.165) is 22.0 Å². The molecule has 12 heteroatoms. The molecular formula is C24H15ClF4N4O2S. The summed E-state index contributed by atoms with van der Waals surface area (Å²) in [7, 11) is -4.58. The highest BCUT2D eigenvalue weighted by Gasteiger charge is 2.31. The summed E-state index contributed by atoms with van der Waals surface area (Å²) < 4.78 is 81.5. The summed E-state index contributed by atoms with van der Waals surface area (Å²) in [5, 5.41) is 10.7. The summed E-state index contributed by atoms with van der Waals surface area (Å²) in [6.45, 7) is 1.91. The second-order valence-corrected chi connectivity index (χ2v) is 10.5. The van der Waals surface area contributed by atoms with Crippen molar-refractivity contribution in [2.24, 2.45) is 0 Å². The number of anilines is 2. The maximum absolute atomic E-state index is 14.7. The van der Waals surface area contributed by atoms with E-state index >= 15 is 0 Å². The lowest BCUT2D eigenvalue weighted by Gasteiger charge is -2.16. The molecule has 0 atom stereocenters. The van der Waals surface area contributed by atoms with E-state index in [1.54, 1.807) is 12.3 Å². The van der Waals surface area contributed by atoms with Crippen LogP contribution in [-0.2, 0) is 9.84 Å². The third-order valence-electron chi connectivity index (χ3n) is 5.79. The highest BCUT2D eigenvalue weighted by Crippen LogP contribution is 2.40. The normalized spacial score (nSPS) is 12.0. The standard InChI is InChI=1S/C24H15ClF4N4O2S/c1-10-3-4-16-13(9-31-33-16)18(10)11-8-17-12(7-14(11)25)15(5-6-30-17)32-23-19(26)21(28)24(36(2,34)35)22(29)20(23)27/h3-9H,1-2H3,(H,30,32)(H,31,33). The number of fused-ring (bicyclic) bond motifs is 2. The van der Waals surface area contributed by atoms with Gasteiger partial charge in [0, 0.05) is 39.5 Å². The minimum Gasteiger partial charge on any atom is -0.350 e. The van der Waals surface area contributed by atoms with Gasteiger partial charge in [-0.3, -0.25) is 10.1 Å². The van der Waals surface area contributed by atoms with Crippen LogP contribution in [0.1, 0.15) is 5.56 Å². The molecule has 2 heterocycles. The molecule has 6 nitrogen and oxygen atoms in total. The van der Waals surface area contributed by atoms with Gasteiger partial charge in [0.15, 0.2) is 33.1 Å². The van der Waals surface area contributed by atoms with Crippen molar-refractivity contribution in [1.82, 2.24) is 15.2 Å². The molecule has 0 aliphatic heterocycles. The van der Waals surface area contributed by atoms with E-state index in [2.05, 4.69) is 20.5 Å². The molecule has 0 radical (unpaired) electrons. The minimum absolute atomic E-state index is 0.0374. The molecule has 184 valence electrons. The van der Waals surface area contributed by atoms with Gasteiger partial charge < -0.3 is 5.32 Å². The van der Waals surface area contributed by atoms with Crippen molar-refractivity contribution in [3.63, 3.8) is 0 Å². The Morgan fingerprint density at radius 2 is 1.67 bits per heavy atom. The predicted octanol–water partition coefficient (Wildman–Crippen LogP) is 6.44. The van der Waals surface area contributed by atoms with E-state index in [9.17, 15) is 26.0 Å². The smallest absolute Gasteiger partial charge is 0.186 e. The number of benzene rings is 3. The average molecular weight is 535 g/mol. The van der Waals surface area contributed by atoms with Crippen LogP contribution < -0.4 is 5.32 Å². The van der Waals surface area contributed by atoms with Gasteiger partial charge in [-0.1, -0.05) is 17.7 Å². The first kappa shape index (κ1) is 24.0. The number of aryl methyl sites for hydroxylation is 1. The van der Waals surface area contributed by atoms with Crippen LogP contribution in [0.5, 0.6) is 0 Å². The first-order chi connectivity index (χ1) is 17.0. The molecular weight excluding hydrogens is 520 g/mol. The summed E-state index contributed by atoms with van der Waals surface area (Å²) in [6, 6.07) is 8.30. The maximum atomic E-state index is 14.7. The van der Waals surface area contributed by atoms with Gasteiger partial charge in [-0.05, 0) is 42.3 Å². The Morgan fingerprint density at radius 1 is 0.972 bits per heavy atom. The highest BCUT2D eigenvalue weighted by molar-refractivity contribution is 7.90. The fraction of sp³-hybridized carbons (Fsp3) is 0.0833. The number of pyridine rings is 1. The van der Waals surface area contributed by atoms with Gasteiger partial charge >= 0.3 is 0 Å². The van der Waals surface area contributed by atoms with Crippen molar-refractivity contribution >= 4 is 54.6 Å². The summed E-state index contributed by atoms with van der Waals surface area (Å²) in [6.07, 6.45) is 3.45. The van der Waals surface area contributed by atoms with Crippen LogP contribution in [0.25, 0.3) is 32.9 Å². The Labute approximate surface area is 206 Å². The van der Waals surface area contributed by atoms with Gasteiger partial charge in [0.25, 0.3) is 0 Å². The van der Waals surface area contributed by atoms with E-state index in [0.29, 0.717) is 22.7 Å². The van der Waals surface area contributed by atoms with Crippen molar-refractivity contribution < 1.29 is 26.0 Å². The Morgan fingerprint density at radius 3 is 2.33 bits per heavy atom. The number of hydrogen-bond acceptors (Lipinski definition) is 5. The Balaban J connectivity index is 1.68. The van der Waals surface area contributed by atoms with E-state index in [-0.39, 0.29) is 10.7 Å². The molecule has 0 aliphatic rings. The van der Waals surface area contributed by atoms with Gasteiger partial charge in [-0.25, -0.2) is 26.0 Å². The monoisotopic (exact) mass is 534 g/mol. The molecule has 2 aromatic heterocycles.